The number of rotatable bonds is 2. The average molecular weight is 192 g/mol. The highest BCUT2D eigenvalue weighted by atomic mass is 19.1. The highest BCUT2D eigenvalue weighted by molar-refractivity contribution is 5.55. The Bertz CT molecular complexity index is 393. The topological polar surface area (TPSA) is 55.1 Å². The van der Waals surface area contributed by atoms with Crippen molar-refractivity contribution in [3.63, 3.8) is 0 Å². The molecule has 0 bridgehead atoms. The van der Waals surface area contributed by atoms with Crippen LogP contribution in [0.2, 0.25) is 0 Å². The Morgan fingerprint density at radius 3 is 2.93 bits per heavy atom. The van der Waals surface area contributed by atoms with E-state index in [4.69, 9.17) is 5.84 Å². The van der Waals surface area contributed by atoms with Crippen molar-refractivity contribution in [2.45, 2.75) is 6.42 Å². The van der Waals surface area contributed by atoms with E-state index in [1.54, 1.807) is 6.07 Å². The SMILES string of the molecule is NNc1ccc(C#CCC=O)cc1F. The summed E-state index contributed by atoms with van der Waals surface area (Å²) in [5.74, 6) is 9.81. The molecule has 0 amide bonds. The number of nitrogens with two attached hydrogens (primary N) is 1. The van der Waals surface area contributed by atoms with Gasteiger partial charge in [0, 0.05) is 5.56 Å². The predicted octanol–water partition coefficient (Wildman–Crippen LogP) is 1.05. The standard InChI is InChI=1S/C10H9FN2O/c11-9-7-8(3-1-2-6-14)4-5-10(9)13-12/h4-7,13H,2,12H2. The number of hydrogen-bond acceptors (Lipinski definition) is 3. The van der Waals surface area contributed by atoms with Crippen LogP contribution in [0, 0.1) is 17.7 Å². The van der Waals surface area contributed by atoms with Crippen molar-refractivity contribution in [3.8, 4) is 11.8 Å². The molecule has 0 spiro atoms. The first-order chi connectivity index (χ1) is 6.77. The molecule has 1 aromatic carbocycles. The van der Waals surface area contributed by atoms with Gasteiger partial charge < -0.3 is 10.2 Å². The predicted molar refractivity (Wildman–Crippen MR) is 51.8 cm³/mol. The average Bonchev–Trinajstić information content (AvgIpc) is 2.18. The molecule has 0 aliphatic heterocycles. The van der Waals surface area contributed by atoms with Crippen molar-refractivity contribution in [3.05, 3.63) is 29.6 Å². The molecular formula is C10H9FN2O. The molecule has 0 saturated carbocycles. The number of nitrogen functional groups attached to an aromatic ring is 1. The third-order valence-electron chi connectivity index (χ3n) is 1.54. The Balaban J connectivity index is 2.87. The van der Waals surface area contributed by atoms with Crippen molar-refractivity contribution in [2.24, 2.45) is 5.84 Å². The fraction of sp³-hybridized carbons (Fsp3) is 0.100. The molecule has 72 valence electrons. The maximum atomic E-state index is 13.1. The minimum atomic E-state index is -0.467. The third kappa shape index (κ3) is 2.57. The Labute approximate surface area is 81.1 Å². The summed E-state index contributed by atoms with van der Waals surface area (Å²) in [6.45, 7) is 0. The fourth-order valence-electron chi connectivity index (χ4n) is 0.905. The van der Waals surface area contributed by atoms with Crippen LogP contribution in [0.1, 0.15) is 12.0 Å². The Morgan fingerprint density at radius 1 is 1.57 bits per heavy atom. The highest BCUT2D eigenvalue weighted by Crippen LogP contribution is 2.13. The normalized spacial score (nSPS) is 8.71. The summed E-state index contributed by atoms with van der Waals surface area (Å²) in [6.07, 6.45) is 0.845. The first kappa shape index (κ1) is 10.2. The van der Waals surface area contributed by atoms with Gasteiger partial charge in [0.1, 0.15) is 12.1 Å². The Hall–Kier alpha value is -1.86. The lowest BCUT2D eigenvalue weighted by Crippen LogP contribution is -2.08. The smallest absolute Gasteiger partial charge is 0.148 e. The lowest BCUT2D eigenvalue weighted by molar-refractivity contribution is -0.107. The molecule has 0 unspecified atom stereocenters. The van der Waals surface area contributed by atoms with E-state index < -0.39 is 5.82 Å². The van der Waals surface area contributed by atoms with Gasteiger partial charge in [0.05, 0.1) is 12.1 Å². The molecule has 1 aromatic rings. The summed E-state index contributed by atoms with van der Waals surface area (Å²) in [7, 11) is 0. The second kappa shape index (κ2) is 5.00. The minimum Gasteiger partial charge on any atom is -0.321 e. The second-order valence-corrected chi connectivity index (χ2v) is 2.51. The van der Waals surface area contributed by atoms with Gasteiger partial charge in [-0.2, -0.15) is 0 Å². The lowest BCUT2D eigenvalue weighted by atomic mass is 10.2. The van der Waals surface area contributed by atoms with Gasteiger partial charge in [-0.05, 0) is 18.2 Å². The minimum absolute atomic E-state index is 0.151. The van der Waals surface area contributed by atoms with Crippen molar-refractivity contribution < 1.29 is 9.18 Å². The van der Waals surface area contributed by atoms with Crippen LogP contribution in [-0.4, -0.2) is 6.29 Å². The van der Waals surface area contributed by atoms with E-state index in [9.17, 15) is 9.18 Å². The Kier molecular flexibility index (Phi) is 3.65. The number of anilines is 1. The molecule has 0 saturated heterocycles. The van der Waals surface area contributed by atoms with Crippen molar-refractivity contribution in [2.75, 3.05) is 5.43 Å². The van der Waals surface area contributed by atoms with Gasteiger partial charge in [-0.1, -0.05) is 11.8 Å². The van der Waals surface area contributed by atoms with Gasteiger partial charge >= 0.3 is 0 Å². The van der Waals surface area contributed by atoms with Crippen LogP contribution in [0.4, 0.5) is 10.1 Å². The number of hydrazine groups is 1. The van der Waals surface area contributed by atoms with E-state index in [1.165, 1.54) is 12.1 Å². The number of nitrogens with one attached hydrogen (secondary N) is 1. The van der Waals surface area contributed by atoms with Gasteiger partial charge in [0.2, 0.25) is 0 Å². The summed E-state index contributed by atoms with van der Waals surface area (Å²) < 4.78 is 13.1. The molecule has 14 heavy (non-hydrogen) atoms. The van der Waals surface area contributed by atoms with Crippen LogP contribution in [0.3, 0.4) is 0 Å². The summed E-state index contributed by atoms with van der Waals surface area (Å²) in [5.41, 5.74) is 2.94. The van der Waals surface area contributed by atoms with E-state index >= 15 is 0 Å². The maximum Gasteiger partial charge on any atom is 0.148 e. The summed E-state index contributed by atoms with van der Waals surface area (Å²) >= 11 is 0. The molecule has 0 heterocycles. The van der Waals surface area contributed by atoms with Crippen molar-refractivity contribution >= 4 is 12.0 Å². The highest BCUT2D eigenvalue weighted by Gasteiger charge is 1.99. The number of benzene rings is 1. The molecule has 0 fully saturated rings. The first-order valence-corrected chi connectivity index (χ1v) is 3.96. The monoisotopic (exact) mass is 192 g/mol. The van der Waals surface area contributed by atoms with Crippen LogP contribution in [0.25, 0.3) is 0 Å². The van der Waals surface area contributed by atoms with Gasteiger partial charge in [0.15, 0.2) is 0 Å². The van der Waals surface area contributed by atoms with E-state index in [2.05, 4.69) is 17.3 Å². The molecular weight excluding hydrogens is 183 g/mol. The lowest BCUT2D eigenvalue weighted by Gasteiger charge is -2.00. The van der Waals surface area contributed by atoms with Crippen LogP contribution in [0.15, 0.2) is 18.2 Å². The number of carbonyl (C=O) groups excluding carboxylic acids is 1. The van der Waals surface area contributed by atoms with Gasteiger partial charge in [-0.15, -0.1) is 0 Å². The van der Waals surface area contributed by atoms with E-state index in [-0.39, 0.29) is 12.1 Å². The van der Waals surface area contributed by atoms with Crippen molar-refractivity contribution in [1.29, 1.82) is 0 Å². The van der Waals surface area contributed by atoms with E-state index in [0.717, 1.165) is 0 Å². The zero-order valence-electron chi connectivity index (χ0n) is 7.38. The molecule has 1 rings (SSSR count). The molecule has 3 N–H and O–H groups in total. The largest absolute Gasteiger partial charge is 0.321 e. The quantitative estimate of drug-likeness (QED) is 0.319. The molecule has 0 aliphatic carbocycles. The molecule has 0 atom stereocenters. The van der Waals surface area contributed by atoms with E-state index in [1.807, 2.05) is 0 Å². The number of hydrogen-bond donors (Lipinski definition) is 2. The zero-order chi connectivity index (χ0) is 10.4. The third-order valence-corrected chi connectivity index (χ3v) is 1.54. The zero-order valence-corrected chi connectivity index (χ0v) is 7.38. The van der Waals surface area contributed by atoms with Gasteiger partial charge in [-0.25, -0.2) is 4.39 Å². The summed E-state index contributed by atoms with van der Waals surface area (Å²) in [4.78, 5) is 9.96. The molecule has 3 nitrogen and oxygen atoms in total. The van der Waals surface area contributed by atoms with Crippen LogP contribution in [0.5, 0.6) is 0 Å². The summed E-state index contributed by atoms with van der Waals surface area (Å²) in [6, 6.07) is 4.36. The van der Waals surface area contributed by atoms with Crippen LogP contribution < -0.4 is 11.3 Å². The molecule has 0 aromatic heterocycles. The van der Waals surface area contributed by atoms with Gasteiger partial charge in [0.25, 0.3) is 0 Å². The van der Waals surface area contributed by atoms with Crippen LogP contribution >= 0.6 is 0 Å². The van der Waals surface area contributed by atoms with Crippen LogP contribution in [-0.2, 0) is 4.79 Å². The molecule has 0 radical (unpaired) electrons. The first-order valence-electron chi connectivity index (χ1n) is 3.96. The Morgan fingerprint density at radius 2 is 2.36 bits per heavy atom. The molecule has 4 heteroatoms. The number of carbonyl (C=O) groups is 1. The summed E-state index contributed by atoms with van der Waals surface area (Å²) in [5, 5.41) is 0. The number of halogens is 1. The maximum absolute atomic E-state index is 13.1. The van der Waals surface area contributed by atoms with Gasteiger partial charge in [-0.3, -0.25) is 5.84 Å². The van der Waals surface area contributed by atoms with Crippen molar-refractivity contribution in [1.82, 2.24) is 0 Å². The molecule has 0 aliphatic rings. The number of aldehydes is 1. The fourth-order valence-corrected chi connectivity index (χ4v) is 0.905. The van der Waals surface area contributed by atoms with E-state index in [0.29, 0.717) is 11.8 Å². The second-order valence-electron chi connectivity index (χ2n) is 2.51.